The Morgan fingerprint density at radius 2 is 1.89 bits per heavy atom. The van der Waals surface area contributed by atoms with Crippen molar-refractivity contribution in [3.63, 3.8) is 0 Å². The number of carbonyl (C=O) groups excluding carboxylic acids is 2. The molecule has 1 fully saturated rings. The van der Waals surface area contributed by atoms with Gasteiger partial charge in [-0.2, -0.15) is 0 Å². The standard InChI is InChI=1S/C20H15Cl2N3O3/c1-20(15-8-7-13(21)9-16(15)22)18(26)25(19(27)24-20)10-14-11-28-17(23-14)12-5-3-2-4-6-12/h2-9,11H,10H2,1H3,(H,24,27)/t20-/m0/s1. The minimum atomic E-state index is -1.29. The first-order valence-corrected chi connectivity index (χ1v) is 9.23. The molecule has 3 amide bonds. The molecule has 0 bridgehead atoms. The lowest BCUT2D eigenvalue weighted by Crippen LogP contribution is -2.41. The summed E-state index contributed by atoms with van der Waals surface area (Å²) in [6.45, 7) is 1.60. The van der Waals surface area contributed by atoms with Crippen LogP contribution in [0.15, 0.2) is 59.2 Å². The fourth-order valence-corrected chi connectivity index (χ4v) is 3.77. The highest BCUT2D eigenvalue weighted by Crippen LogP contribution is 2.35. The zero-order valence-corrected chi connectivity index (χ0v) is 16.3. The van der Waals surface area contributed by atoms with E-state index >= 15 is 0 Å². The minimum absolute atomic E-state index is 0.0121. The molecule has 0 spiro atoms. The number of hydrogen-bond acceptors (Lipinski definition) is 4. The molecule has 6 nitrogen and oxygen atoms in total. The molecule has 3 aromatic rings. The number of hydrogen-bond donors (Lipinski definition) is 1. The van der Waals surface area contributed by atoms with Crippen molar-refractivity contribution < 1.29 is 14.0 Å². The molecule has 1 aliphatic rings. The Labute approximate surface area is 171 Å². The smallest absolute Gasteiger partial charge is 0.325 e. The number of amides is 3. The van der Waals surface area contributed by atoms with Crippen LogP contribution in [0.25, 0.3) is 11.5 Å². The van der Waals surface area contributed by atoms with Gasteiger partial charge in [0.15, 0.2) is 0 Å². The van der Waals surface area contributed by atoms with Crippen LogP contribution in [0.1, 0.15) is 18.2 Å². The van der Waals surface area contributed by atoms with Crippen molar-refractivity contribution in [2.75, 3.05) is 0 Å². The van der Waals surface area contributed by atoms with Crippen molar-refractivity contribution in [2.45, 2.75) is 19.0 Å². The summed E-state index contributed by atoms with van der Waals surface area (Å²) in [7, 11) is 0. The molecule has 0 unspecified atom stereocenters. The monoisotopic (exact) mass is 415 g/mol. The van der Waals surface area contributed by atoms with Gasteiger partial charge in [0.1, 0.15) is 11.8 Å². The number of carbonyl (C=O) groups is 2. The molecule has 2 aromatic carbocycles. The van der Waals surface area contributed by atoms with Crippen molar-refractivity contribution in [3.05, 3.63) is 76.1 Å². The van der Waals surface area contributed by atoms with E-state index in [9.17, 15) is 9.59 Å². The van der Waals surface area contributed by atoms with Crippen LogP contribution in [0.5, 0.6) is 0 Å². The highest BCUT2D eigenvalue weighted by molar-refractivity contribution is 6.35. The lowest BCUT2D eigenvalue weighted by atomic mass is 9.92. The third-order valence-electron chi connectivity index (χ3n) is 4.64. The summed E-state index contributed by atoms with van der Waals surface area (Å²) in [6, 6.07) is 13.6. The van der Waals surface area contributed by atoms with Crippen molar-refractivity contribution in [2.24, 2.45) is 0 Å². The number of oxazole rings is 1. The van der Waals surface area contributed by atoms with Gasteiger partial charge in [-0.15, -0.1) is 0 Å². The van der Waals surface area contributed by atoms with Crippen molar-refractivity contribution in [1.82, 2.24) is 15.2 Å². The van der Waals surface area contributed by atoms with Gasteiger partial charge < -0.3 is 9.73 Å². The number of nitrogens with one attached hydrogen (secondary N) is 1. The van der Waals surface area contributed by atoms with Crippen LogP contribution in [0.3, 0.4) is 0 Å². The van der Waals surface area contributed by atoms with Gasteiger partial charge in [-0.3, -0.25) is 9.69 Å². The molecule has 1 atom stereocenters. The maximum atomic E-state index is 13.0. The van der Waals surface area contributed by atoms with Gasteiger partial charge in [-0.05, 0) is 31.2 Å². The van der Waals surface area contributed by atoms with Crippen molar-refractivity contribution >= 4 is 35.1 Å². The number of aromatic nitrogens is 1. The summed E-state index contributed by atoms with van der Waals surface area (Å²) in [5, 5.41) is 3.47. The van der Waals surface area contributed by atoms with Crippen LogP contribution in [0.2, 0.25) is 10.0 Å². The lowest BCUT2D eigenvalue weighted by molar-refractivity contribution is -0.131. The fraction of sp³-hybridized carbons (Fsp3) is 0.150. The van der Waals surface area contributed by atoms with Gasteiger partial charge in [0.2, 0.25) is 5.89 Å². The van der Waals surface area contributed by atoms with Gasteiger partial charge in [0.05, 0.1) is 12.2 Å². The Morgan fingerprint density at radius 3 is 2.61 bits per heavy atom. The summed E-state index contributed by atoms with van der Waals surface area (Å²) >= 11 is 12.2. The third-order valence-corrected chi connectivity index (χ3v) is 5.19. The Balaban J connectivity index is 1.59. The Bertz CT molecular complexity index is 1070. The molecule has 0 radical (unpaired) electrons. The van der Waals surface area contributed by atoms with Gasteiger partial charge in [0.25, 0.3) is 5.91 Å². The summed E-state index contributed by atoms with van der Waals surface area (Å²) in [4.78, 5) is 31.0. The van der Waals surface area contributed by atoms with E-state index < -0.39 is 17.5 Å². The molecule has 1 aliphatic heterocycles. The molecule has 1 N–H and O–H groups in total. The number of urea groups is 1. The van der Waals surface area contributed by atoms with E-state index in [-0.39, 0.29) is 6.54 Å². The van der Waals surface area contributed by atoms with E-state index in [1.807, 2.05) is 30.3 Å². The molecule has 1 saturated heterocycles. The van der Waals surface area contributed by atoms with E-state index in [0.717, 1.165) is 10.5 Å². The van der Waals surface area contributed by atoms with Crippen LogP contribution in [0.4, 0.5) is 4.79 Å². The molecule has 0 saturated carbocycles. The zero-order chi connectivity index (χ0) is 19.9. The van der Waals surface area contributed by atoms with Gasteiger partial charge in [-0.1, -0.05) is 47.5 Å². The van der Waals surface area contributed by atoms with Gasteiger partial charge in [0, 0.05) is 21.2 Å². The summed E-state index contributed by atoms with van der Waals surface area (Å²) in [6.07, 6.45) is 1.44. The minimum Gasteiger partial charge on any atom is -0.444 e. The predicted octanol–water partition coefficient (Wildman–Crippen LogP) is 4.62. The van der Waals surface area contributed by atoms with Crippen LogP contribution < -0.4 is 5.32 Å². The van der Waals surface area contributed by atoms with E-state index in [0.29, 0.717) is 27.2 Å². The molecule has 2 heterocycles. The zero-order valence-electron chi connectivity index (χ0n) is 14.8. The van der Waals surface area contributed by atoms with Gasteiger partial charge >= 0.3 is 6.03 Å². The van der Waals surface area contributed by atoms with Crippen molar-refractivity contribution in [1.29, 1.82) is 0 Å². The number of rotatable bonds is 4. The second kappa shape index (κ2) is 6.96. The second-order valence-electron chi connectivity index (χ2n) is 6.58. The molecular formula is C20H15Cl2N3O3. The first-order valence-electron chi connectivity index (χ1n) is 8.48. The molecule has 142 valence electrons. The van der Waals surface area contributed by atoms with E-state index in [1.165, 1.54) is 12.3 Å². The molecule has 1 aromatic heterocycles. The molecule has 8 heteroatoms. The largest absolute Gasteiger partial charge is 0.444 e. The predicted molar refractivity (Wildman–Crippen MR) is 105 cm³/mol. The number of halogens is 2. The molecular weight excluding hydrogens is 401 g/mol. The van der Waals surface area contributed by atoms with Gasteiger partial charge in [-0.25, -0.2) is 9.78 Å². The average molecular weight is 416 g/mol. The lowest BCUT2D eigenvalue weighted by Gasteiger charge is -2.23. The van der Waals surface area contributed by atoms with Crippen LogP contribution >= 0.6 is 23.2 Å². The second-order valence-corrected chi connectivity index (χ2v) is 7.42. The topological polar surface area (TPSA) is 75.4 Å². The highest BCUT2D eigenvalue weighted by atomic mass is 35.5. The Morgan fingerprint density at radius 1 is 1.14 bits per heavy atom. The SMILES string of the molecule is C[C@@]1(c2ccc(Cl)cc2Cl)NC(=O)N(Cc2coc(-c3ccccc3)n2)C1=O. The number of imide groups is 1. The van der Waals surface area contributed by atoms with Crippen LogP contribution in [0, 0.1) is 0 Å². The van der Waals surface area contributed by atoms with E-state index in [2.05, 4.69) is 10.3 Å². The normalized spacial score (nSPS) is 19.2. The van der Waals surface area contributed by atoms with Crippen LogP contribution in [-0.4, -0.2) is 21.8 Å². The van der Waals surface area contributed by atoms with Crippen LogP contribution in [-0.2, 0) is 16.9 Å². The van der Waals surface area contributed by atoms with E-state index in [4.69, 9.17) is 27.6 Å². The average Bonchev–Trinajstić information content (AvgIpc) is 3.22. The first-order chi connectivity index (χ1) is 13.4. The third kappa shape index (κ3) is 3.15. The maximum Gasteiger partial charge on any atom is 0.325 e. The summed E-state index contributed by atoms with van der Waals surface area (Å²) in [5.74, 6) is -0.00264. The fourth-order valence-electron chi connectivity index (χ4n) is 3.17. The number of nitrogens with zero attached hydrogens (tertiary/aromatic N) is 2. The number of benzene rings is 2. The summed E-state index contributed by atoms with van der Waals surface area (Å²) < 4.78 is 5.48. The maximum absolute atomic E-state index is 13.0. The molecule has 0 aliphatic carbocycles. The Kier molecular flexibility index (Phi) is 4.61. The summed E-state index contributed by atoms with van der Waals surface area (Å²) in [5.41, 5.74) is 0.465. The Hall–Kier alpha value is -2.83. The molecule has 4 rings (SSSR count). The quantitative estimate of drug-likeness (QED) is 0.630. The molecule has 28 heavy (non-hydrogen) atoms. The first kappa shape index (κ1) is 18.5. The van der Waals surface area contributed by atoms with E-state index in [1.54, 1.807) is 19.1 Å². The van der Waals surface area contributed by atoms with Crippen molar-refractivity contribution in [3.8, 4) is 11.5 Å². The highest BCUT2D eigenvalue weighted by Gasteiger charge is 2.50.